The number of benzene rings is 1. The molecule has 1 aliphatic rings. The van der Waals surface area contributed by atoms with E-state index in [0.717, 1.165) is 13.1 Å². The van der Waals surface area contributed by atoms with E-state index in [9.17, 15) is 0 Å². The predicted octanol–water partition coefficient (Wildman–Crippen LogP) is 1.90. The minimum atomic E-state index is 1.11. The van der Waals surface area contributed by atoms with Crippen LogP contribution in [0.2, 0.25) is 0 Å². The highest BCUT2D eigenvalue weighted by Gasteiger charge is 2.11. The summed E-state index contributed by atoms with van der Waals surface area (Å²) in [5.41, 5.74) is 3.30. The van der Waals surface area contributed by atoms with Crippen molar-refractivity contribution in [1.82, 2.24) is 9.84 Å². The van der Waals surface area contributed by atoms with Gasteiger partial charge in [-0.05, 0) is 30.5 Å². The van der Waals surface area contributed by atoms with Gasteiger partial charge in [-0.3, -0.25) is 0 Å². The van der Waals surface area contributed by atoms with Gasteiger partial charge in [-0.1, -0.05) is 18.2 Å². The lowest BCUT2D eigenvalue weighted by Crippen LogP contribution is -2.22. The molecule has 64 valence electrons. The molecule has 12 heavy (non-hydrogen) atoms. The van der Waals surface area contributed by atoms with Crippen molar-refractivity contribution < 1.29 is 0 Å². The molecule has 0 unspecified atom stereocenters. The summed E-state index contributed by atoms with van der Waals surface area (Å²) < 4.78 is 2.19. The summed E-state index contributed by atoms with van der Waals surface area (Å²) >= 11 is 1.77. The molecule has 0 radical (unpaired) electrons. The molecule has 1 saturated heterocycles. The largest absolute Gasteiger partial charge is 0.245 e. The van der Waals surface area contributed by atoms with Crippen molar-refractivity contribution in [2.75, 3.05) is 13.1 Å². The molecule has 0 atom stereocenters. The van der Waals surface area contributed by atoms with Crippen LogP contribution in [-0.4, -0.2) is 17.5 Å². The third-order valence-corrected chi connectivity index (χ3v) is 2.80. The van der Waals surface area contributed by atoms with Crippen LogP contribution in [0.4, 0.5) is 0 Å². The second-order valence-electron chi connectivity index (χ2n) is 2.77. The zero-order chi connectivity index (χ0) is 8.23. The van der Waals surface area contributed by atoms with E-state index in [2.05, 4.69) is 34.1 Å². The number of hydrogen-bond acceptors (Lipinski definition) is 3. The lowest BCUT2D eigenvalue weighted by Gasteiger charge is -2.12. The summed E-state index contributed by atoms with van der Waals surface area (Å²) in [5.74, 6) is 0. The van der Waals surface area contributed by atoms with Crippen LogP contribution in [0.15, 0.2) is 35.2 Å². The van der Waals surface area contributed by atoms with Gasteiger partial charge in [0.15, 0.2) is 0 Å². The normalized spacial score (nSPS) is 18.3. The topological polar surface area (TPSA) is 15.3 Å². The van der Waals surface area contributed by atoms with Crippen molar-refractivity contribution in [3.05, 3.63) is 30.3 Å². The summed E-state index contributed by atoms with van der Waals surface area (Å²) in [5, 5.41) is 0. The van der Waals surface area contributed by atoms with Crippen molar-refractivity contribution in [3.8, 4) is 0 Å². The van der Waals surface area contributed by atoms with Gasteiger partial charge >= 0.3 is 0 Å². The summed E-state index contributed by atoms with van der Waals surface area (Å²) in [7, 11) is 0. The molecule has 0 spiro atoms. The van der Waals surface area contributed by atoms with Crippen molar-refractivity contribution in [2.24, 2.45) is 0 Å². The number of hydrogen-bond donors (Lipinski definition) is 1. The smallest absolute Gasteiger partial charge is 0.0261 e. The first-order valence-electron chi connectivity index (χ1n) is 4.19. The van der Waals surface area contributed by atoms with Gasteiger partial charge < -0.3 is 0 Å². The minimum absolute atomic E-state index is 1.11. The number of hydrazine groups is 1. The van der Waals surface area contributed by atoms with Crippen molar-refractivity contribution >= 4 is 11.9 Å². The van der Waals surface area contributed by atoms with Crippen LogP contribution in [0, 0.1) is 0 Å². The fraction of sp³-hybridized carbons (Fsp3) is 0.333. The van der Waals surface area contributed by atoms with Gasteiger partial charge in [0.25, 0.3) is 0 Å². The van der Waals surface area contributed by atoms with E-state index in [1.54, 1.807) is 11.9 Å². The highest BCUT2D eigenvalue weighted by molar-refractivity contribution is 7.97. The Morgan fingerprint density at radius 1 is 1.25 bits per heavy atom. The Morgan fingerprint density at radius 3 is 2.75 bits per heavy atom. The molecule has 1 heterocycles. The lowest BCUT2D eigenvalue weighted by molar-refractivity contribution is 0.460. The maximum absolute atomic E-state index is 3.30. The van der Waals surface area contributed by atoms with Crippen molar-refractivity contribution in [2.45, 2.75) is 11.3 Å². The summed E-state index contributed by atoms with van der Waals surface area (Å²) in [4.78, 5) is 1.30. The highest BCUT2D eigenvalue weighted by atomic mass is 32.2. The van der Waals surface area contributed by atoms with E-state index in [4.69, 9.17) is 0 Å². The molecule has 2 rings (SSSR count). The lowest BCUT2D eigenvalue weighted by atomic mass is 10.4. The molecule has 2 nitrogen and oxygen atoms in total. The fourth-order valence-corrected chi connectivity index (χ4v) is 2.10. The maximum Gasteiger partial charge on any atom is 0.0261 e. The van der Waals surface area contributed by atoms with Crippen LogP contribution in [0.3, 0.4) is 0 Å². The Hall–Kier alpha value is -0.510. The summed E-state index contributed by atoms with van der Waals surface area (Å²) in [6.45, 7) is 2.25. The Morgan fingerprint density at radius 2 is 2.08 bits per heavy atom. The first kappa shape index (κ1) is 8.10. The standard InChI is InChI=1S/C9H12N2S/c1-2-5-9(6-3-1)12-11-8-4-7-10-11/h1-3,5-6,10H,4,7-8H2. The second-order valence-corrected chi connectivity index (χ2v) is 3.86. The van der Waals surface area contributed by atoms with Gasteiger partial charge in [-0.25, -0.2) is 5.43 Å². The van der Waals surface area contributed by atoms with Gasteiger partial charge in [0.05, 0.1) is 0 Å². The van der Waals surface area contributed by atoms with Crippen LogP contribution < -0.4 is 5.43 Å². The molecule has 0 amide bonds. The first-order valence-corrected chi connectivity index (χ1v) is 4.96. The van der Waals surface area contributed by atoms with Crippen LogP contribution >= 0.6 is 11.9 Å². The Balaban J connectivity index is 1.94. The van der Waals surface area contributed by atoms with E-state index in [0.29, 0.717) is 0 Å². The van der Waals surface area contributed by atoms with Gasteiger partial charge in [-0.2, -0.15) is 4.41 Å². The predicted molar refractivity (Wildman–Crippen MR) is 51.6 cm³/mol. The molecular formula is C9H12N2S. The quantitative estimate of drug-likeness (QED) is 0.700. The highest BCUT2D eigenvalue weighted by Crippen LogP contribution is 2.21. The molecule has 0 bridgehead atoms. The zero-order valence-corrected chi connectivity index (χ0v) is 7.68. The Kier molecular flexibility index (Phi) is 2.66. The molecule has 3 heteroatoms. The molecule has 1 aromatic carbocycles. The van der Waals surface area contributed by atoms with Crippen LogP contribution in [-0.2, 0) is 0 Å². The van der Waals surface area contributed by atoms with Crippen LogP contribution in [0.1, 0.15) is 6.42 Å². The molecular weight excluding hydrogens is 168 g/mol. The summed E-state index contributed by atoms with van der Waals surface area (Å²) in [6.07, 6.45) is 1.25. The van der Waals surface area contributed by atoms with Gasteiger partial charge in [0.1, 0.15) is 0 Å². The SMILES string of the molecule is c1ccc(SN2CCCN2)cc1. The first-order chi connectivity index (χ1) is 5.95. The fourth-order valence-electron chi connectivity index (χ4n) is 1.19. The van der Waals surface area contributed by atoms with E-state index in [1.165, 1.54) is 11.3 Å². The average molecular weight is 180 g/mol. The van der Waals surface area contributed by atoms with E-state index >= 15 is 0 Å². The third kappa shape index (κ3) is 2.00. The molecule has 0 aromatic heterocycles. The number of nitrogens with zero attached hydrogens (tertiary/aromatic N) is 1. The van der Waals surface area contributed by atoms with Crippen molar-refractivity contribution in [3.63, 3.8) is 0 Å². The molecule has 0 saturated carbocycles. The zero-order valence-electron chi connectivity index (χ0n) is 6.86. The monoisotopic (exact) mass is 180 g/mol. The van der Waals surface area contributed by atoms with E-state index in [1.807, 2.05) is 6.07 Å². The average Bonchev–Trinajstić information content (AvgIpc) is 2.59. The number of rotatable bonds is 2. The molecule has 1 N–H and O–H groups in total. The maximum atomic E-state index is 3.30. The summed E-state index contributed by atoms with van der Waals surface area (Å²) in [6, 6.07) is 10.4. The molecule has 1 aliphatic heterocycles. The Labute approximate surface area is 77.1 Å². The number of nitrogens with one attached hydrogen (secondary N) is 1. The van der Waals surface area contributed by atoms with Crippen molar-refractivity contribution in [1.29, 1.82) is 0 Å². The molecule has 1 fully saturated rings. The van der Waals surface area contributed by atoms with Gasteiger partial charge in [0.2, 0.25) is 0 Å². The van der Waals surface area contributed by atoms with Gasteiger partial charge in [-0.15, -0.1) is 0 Å². The molecule has 1 aromatic rings. The van der Waals surface area contributed by atoms with Crippen LogP contribution in [0.25, 0.3) is 0 Å². The Bertz CT molecular complexity index is 232. The van der Waals surface area contributed by atoms with E-state index in [-0.39, 0.29) is 0 Å². The van der Waals surface area contributed by atoms with E-state index < -0.39 is 0 Å². The van der Waals surface area contributed by atoms with Gasteiger partial charge in [0, 0.05) is 18.0 Å². The van der Waals surface area contributed by atoms with Crippen LogP contribution in [0.5, 0.6) is 0 Å². The third-order valence-electron chi connectivity index (χ3n) is 1.78. The second kappa shape index (κ2) is 3.94. The molecule has 0 aliphatic carbocycles. The minimum Gasteiger partial charge on any atom is -0.245 e.